The number of benzene rings is 1. The summed E-state index contributed by atoms with van der Waals surface area (Å²) in [6.45, 7) is 4.13. The summed E-state index contributed by atoms with van der Waals surface area (Å²) < 4.78 is 5.08. The molecule has 0 aromatic heterocycles. The Balaban J connectivity index is 2.18. The number of nitrogen functional groups attached to an aromatic ring is 1. The van der Waals surface area contributed by atoms with Crippen LogP contribution < -0.4 is 5.73 Å². The smallest absolute Gasteiger partial charge is 0.340 e. The van der Waals surface area contributed by atoms with Gasteiger partial charge in [-0.25, -0.2) is 4.79 Å². The van der Waals surface area contributed by atoms with Crippen molar-refractivity contribution in [3.05, 3.63) is 23.3 Å². The first-order valence-corrected chi connectivity index (χ1v) is 8.23. The topological polar surface area (TPSA) is 52.3 Å². The lowest BCUT2D eigenvalue weighted by Crippen LogP contribution is -2.11. The molecule has 0 spiro atoms. The van der Waals surface area contributed by atoms with Gasteiger partial charge in [-0.3, -0.25) is 0 Å². The Morgan fingerprint density at radius 1 is 1.35 bits per heavy atom. The van der Waals surface area contributed by atoms with Crippen molar-refractivity contribution in [2.45, 2.75) is 56.1 Å². The quantitative estimate of drug-likeness (QED) is 0.668. The van der Waals surface area contributed by atoms with Crippen LogP contribution in [0.2, 0.25) is 0 Å². The lowest BCUT2D eigenvalue weighted by molar-refractivity contribution is 0.0527. The fraction of sp³-hybridized carbons (Fsp3) is 0.562. The molecule has 1 aliphatic carbocycles. The Morgan fingerprint density at radius 2 is 2.05 bits per heavy atom. The van der Waals surface area contributed by atoms with E-state index in [1.54, 1.807) is 0 Å². The molecule has 0 unspecified atom stereocenters. The van der Waals surface area contributed by atoms with Crippen molar-refractivity contribution >= 4 is 23.4 Å². The molecule has 3 nitrogen and oxygen atoms in total. The highest BCUT2D eigenvalue weighted by Crippen LogP contribution is 2.35. The molecule has 1 aromatic rings. The van der Waals surface area contributed by atoms with E-state index >= 15 is 0 Å². The van der Waals surface area contributed by atoms with Gasteiger partial charge in [0.2, 0.25) is 0 Å². The molecule has 4 heteroatoms. The van der Waals surface area contributed by atoms with Gasteiger partial charge in [-0.1, -0.05) is 19.3 Å². The fourth-order valence-corrected chi connectivity index (χ4v) is 3.97. The largest absolute Gasteiger partial charge is 0.462 e. The number of carbonyl (C=O) groups is 1. The Bertz CT molecular complexity index is 482. The summed E-state index contributed by atoms with van der Waals surface area (Å²) in [7, 11) is 0. The van der Waals surface area contributed by atoms with Crippen molar-refractivity contribution in [1.82, 2.24) is 0 Å². The number of rotatable bonds is 4. The van der Waals surface area contributed by atoms with Gasteiger partial charge in [0.05, 0.1) is 12.2 Å². The summed E-state index contributed by atoms with van der Waals surface area (Å²) in [6, 6.07) is 3.97. The van der Waals surface area contributed by atoms with Crippen molar-refractivity contribution in [3.63, 3.8) is 0 Å². The van der Waals surface area contributed by atoms with E-state index in [0.29, 0.717) is 23.1 Å². The fourth-order valence-electron chi connectivity index (χ4n) is 2.59. The first kappa shape index (κ1) is 15.2. The SMILES string of the molecule is CCOC(=O)c1cc(SC2CCCCC2)cc(C)c1N. The van der Waals surface area contributed by atoms with E-state index in [9.17, 15) is 4.79 Å². The maximum absolute atomic E-state index is 12.0. The van der Waals surface area contributed by atoms with Crippen molar-refractivity contribution < 1.29 is 9.53 Å². The van der Waals surface area contributed by atoms with Gasteiger partial charge in [0.15, 0.2) is 0 Å². The van der Waals surface area contributed by atoms with Crippen LogP contribution in [0.1, 0.15) is 54.9 Å². The summed E-state index contributed by atoms with van der Waals surface area (Å²) in [4.78, 5) is 13.1. The standard InChI is InChI=1S/C16H23NO2S/c1-3-19-16(18)14-10-13(9-11(2)15(14)17)20-12-7-5-4-6-8-12/h9-10,12H,3-8,17H2,1-2H3. The molecule has 0 bridgehead atoms. The van der Waals surface area contributed by atoms with E-state index in [1.165, 1.54) is 32.1 Å². The first-order valence-electron chi connectivity index (χ1n) is 7.35. The second kappa shape index (κ2) is 7.02. The van der Waals surface area contributed by atoms with Crippen molar-refractivity contribution in [2.75, 3.05) is 12.3 Å². The van der Waals surface area contributed by atoms with E-state index in [0.717, 1.165) is 10.5 Å². The first-order chi connectivity index (χ1) is 9.61. The van der Waals surface area contributed by atoms with Crippen molar-refractivity contribution in [1.29, 1.82) is 0 Å². The summed E-state index contributed by atoms with van der Waals surface area (Å²) in [5, 5.41) is 0.668. The lowest BCUT2D eigenvalue weighted by Gasteiger charge is -2.21. The van der Waals surface area contributed by atoms with E-state index in [4.69, 9.17) is 10.5 Å². The van der Waals surface area contributed by atoms with Gasteiger partial charge >= 0.3 is 5.97 Å². The van der Waals surface area contributed by atoms with E-state index in [1.807, 2.05) is 31.7 Å². The van der Waals surface area contributed by atoms with Crippen LogP contribution in [0.5, 0.6) is 0 Å². The minimum atomic E-state index is -0.320. The highest BCUT2D eigenvalue weighted by Gasteiger charge is 2.18. The molecule has 1 aromatic carbocycles. The number of ether oxygens (including phenoxy) is 1. The molecule has 0 saturated heterocycles. The summed E-state index contributed by atoms with van der Waals surface area (Å²) >= 11 is 1.87. The number of aryl methyl sites for hydroxylation is 1. The third kappa shape index (κ3) is 3.69. The Morgan fingerprint density at radius 3 is 2.70 bits per heavy atom. The molecule has 0 aliphatic heterocycles. The molecule has 2 rings (SSSR count). The zero-order chi connectivity index (χ0) is 14.5. The predicted molar refractivity (Wildman–Crippen MR) is 84.3 cm³/mol. The molecule has 2 N–H and O–H groups in total. The third-order valence-corrected chi connectivity index (χ3v) is 5.02. The minimum absolute atomic E-state index is 0.320. The second-order valence-corrected chi connectivity index (χ2v) is 6.67. The minimum Gasteiger partial charge on any atom is -0.462 e. The van der Waals surface area contributed by atoms with Crippen molar-refractivity contribution in [3.8, 4) is 0 Å². The molecular weight excluding hydrogens is 270 g/mol. The van der Waals surface area contributed by atoms with Crippen LogP contribution in [0, 0.1) is 6.92 Å². The van der Waals surface area contributed by atoms with Crippen LogP contribution in [0.3, 0.4) is 0 Å². The maximum Gasteiger partial charge on any atom is 0.340 e. The summed E-state index contributed by atoms with van der Waals surface area (Å²) in [5.41, 5.74) is 8.00. The van der Waals surface area contributed by atoms with E-state index in [-0.39, 0.29) is 5.97 Å². The van der Waals surface area contributed by atoms with Gasteiger partial charge in [-0.2, -0.15) is 0 Å². The number of nitrogens with two attached hydrogens (primary N) is 1. The summed E-state index contributed by atoms with van der Waals surface area (Å²) in [6.07, 6.45) is 6.52. The number of anilines is 1. The van der Waals surface area contributed by atoms with Crippen LogP contribution in [-0.4, -0.2) is 17.8 Å². The number of carbonyl (C=O) groups excluding carboxylic acids is 1. The Hall–Kier alpha value is -1.16. The highest BCUT2D eigenvalue weighted by atomic mass is 32.2. The van der Waals surface area contributed by atoms with Gasteiger partial charge in [-0.05, 0) is 44.4 Å². The molecule has 0 atom stereocenters. The van der Waals surface area contributed by atoms with Crippen LogP contribution in [-0.2, 0) is 4.74 Å². The van der Waals surface area contributed by atoms with Crippen molar-refractivity contribution in [2.24, 2.45) is 0 Å². The monoisotopic (exact) mass is 293 g/mol. The van der Waals surface area contributed by atoms with Crippen LogP contribution in [0.15, 0.2) is 17.0 Å². The molecule has 1 saturated carbocycles. The zero-order valence-corrected chi connectivity index (χ0v) is 13.1. The summed E-state index contributed by atoms with van der Waals surface area (Å²) in [5.74, 6) is -0.320. The van der Waals surface area contributed by atoms with Crippen LogP contribution in [0.4, 0.5) is 5.69 Å². The van der Waals surface area contributed by atoms with Crippen LogP contribution >= 0.6 is 11.8 Å². The van der Waals surface area contributed by atoms with Gasteiger partial charge in [0.1, 0.15) is 0 Å². The normalized spacial score (nSPS) is 16.1. The number of hydrogen-bond donors (Lipinski definition) is 1. The molecule has 1 fully saturated rings. The molecular formula is C16H23NO2S. The highest BCUT2D eigenvalue weighted by molar-refractivity contribution is 8.00. The lowest BCUT2D eigenvalue weighted by atomic mass is 10.0. The molecule has 0 heterocycles. The van der Waals surface area contributed by atoms with Gasteiger partial charge in [-0.15, -0.1) is 11.8 Å². The molecule has 1 aliphatic rings. The van der Waals surface area contributed by atoms with E-state index < -0.39 is 0 Å². The van der Waals surface area contributed by atoms with Gasteiger partial charge < -0.3 is 10.5 Å². The third-order valence-electron chi connectivity index (χ3n) is 3.71. The van der Waals surface area contributed by atoms with E-state index in [2.05, 4.69) is 6.07 Å². The number of thioether (sulfide) groups is 1. The maximum atomic E-state index is 12.0. The predicted octanol–water partition coefficient (Wildman–Crippen LogP) is 4.18. The van der Waals surface area contributed by atoms with Gasteiger partial charge in [0, 0.05) is 15.8 Å². The molecule has 110 valence electrons. The average Bonchev–Trinajstić information content (AvgIpc) is 2.44. The number of esters is 1. The second-order valence-electron chi connectivity index (χ2n) is 5.30. The molecule has 20 heavy (non-hydrogen) atoms. The Kier molecular flexibility index (Phi) is 5.35. The average molecular weight is 293 g/mol. The molecule has 0 amide bonds. The number of hydrogen-bond acceptors (Lipinski definition) is 4. The Labute approximate surface area is 125 Å². The van der Waals surface area contributed by atoms with Crippen LogP contribution in [0.25, 0.3) is 0 Å². The zero-order valence-electron chi connectivity index (χ0n) is 12.3. The molecule has 0 radical (unpaired) electrons. The van der Waals surface area contributed by atoms with Gasteiger partial charge in [0.25, 0.3) is 0 Å².